The predicted octanol–water partition coefficient (Wildman–Crippen LogP) is 2.61. The third kappa shape index (κ3) is 1.84. The van der Waals surface area contributed by atoms with E-state index in [0.29, 0.717) is 17.3 Å². The average Bonchev–Trinajstić information content (AvgIpc) is 2.76. The van der Waals surface area contributed by atoms with Crippen LogP contribution in [-0.4, -0.2) is 21.6 Å². The van der Waals surface area contributed by atoms with Gasteiger partial charge in [-0.25, -0.2) is 4.98 Å². The summed E-state index contributed by atoms with van der Waals surface area (Å²) in [6.45, 7) is 2.01. The number of nitrogens with two attached hydrogens (primary N) is 1. The fraction of sp³-hybridized carbons (Fsp3) is 0.133. The van der Waals surface area contributed by atoms with E-state index in [1.54, 1.807) is 18.2 Å². The second kappa shape index (κ2) is 4.45. The largest absolute Gasteiger partial charge is 0.504 e. The molecule has 1 aromatic carbocycles. The van der Waals surface area contributed by atoms with Gasteiger partial charge in [-0.05, 0) is 42.8 Å². The van der Waals surface area contributed by atoms with Gasteiger partial charge in [-0.1, -0.05) is 0 Å². The van der Waals surface area contributed by atoms with Crippen molar-refractivity contribution in [3.63, 3.8) is 0 Å². The Kier molecular flexibility index (Phi) is 2.75. The molecule has 0 saturated heterocycles. The lowest BCUT2D eigenvalue weighted by Gasteiger charge is -2.05. The predicted molar refractivity (Wildman–Crippen MR) is 78.0 cm³/mol. The second-order valence-corrected chi connectivity index (χ2v) is 4.66. The van der Waals surface area contributed by atoms with Crippen molar-refractivity contribution in [2.24, 2.45) is 0 Å². The van der Waals surface area contributed by atoms with Crippen LogP contribution in [0.5, 0.6) is 11.5 Å². The molecule has 3 rings (SSSR count). The van der Waals surface area contributed by atoms with Crippen molar-refractivity contribution in [3.8, 4) is 22.8 Å². The number of aryl methyl sites for hydroxylation is 1. The molecule has 0 bridgehead atoms. The number of aromatic nitrogens is 2. The van der Waals surface area contributed by atoms with Crippen LogP contribution in [0.25, 0.3) is 16.9 Å². The van der Waals surface area contributed by atoms with Crippen LogP contribution < -0.4 is 10.5 Å². The Morgan fingerprint density at radius 3 is 2.80 bits per heavy atom. The summed E-state index contributed by atoms with van der Waals surface area (Å²) < 4.78 is 6.95. The maximum atomic E-state index is 9.65. The maximum absolute atomic E-state index is 9.65. The zero-order chi connectivity index (χ0) is 14.3. The van der Waals surface area contributed by atoms with Crippen molar-refractivity contribution in [2.45, 2.75) is 6.92 Å². The van der Waals surface area contributed by atoms with Gasteiger partial charge in [0.25, 0.3) is 0 Å². The Hall–Kier alpha value is -2.69. The monoisotopic (exact) mass is 269 g/mol. The SMILES string of the molecule is COc1cc(-c2nc3cc(C)ccn3c2N)ccc1O. The highest BCUT2D eigenvalue weighted by molar-refractivity contribution is 5.76. The van der Waals surface area contributed by atoms with Gasteiger partial charge in [0.05, 0.1) is 7.11 Å². The molecule has 0 fully saturated rings. The van der Waals surface area contributed by atoms with Crippen molar-refractivity contribution < 1.29 is 9.84 Å². The average molecular weight is 269 g/mol. The Balaban J connectivity index is 2.21. The first-order valence-corrected chi connectivity index (χ1v) is 6.21. The van der Waals surface area contributed by atoms with Crippen molar-refractivity contribution in [3.05, 3.63) is 42.1 Å². The number of methoxy groups -OCH3 is 1. The number of phenols is 1. The minimum atomic E-state index is 0.0921. The van der Waals surface area contributed by atoms with Crippen LogP contribution in [0.3, 0.4) is 0 Å². The number of anilines is 1. The molecule has 0 unspecified atom stereocenters. The van der Waals surface area contributed by atoms with E-state index >= 15 is 0 Å². The van der Waals surface area contributed by atoms with Gasteiger partial charge in [-0.15, -0.1) is 0 Å². The summed E-state index contributed by atoms with van der Waals surface area (Å²) in [5, 5.41) is 9.65. The van der Waals surface area contributed by atoms with Crippen LogP contribution in [0.1, 0.15) is 5.56 Å². The number of fused-ring (bicyclic) bond motifs is 1. The van der Waals surface area contributed by atoms with Gasteiger partial charge in [-0.3, -0.25) is 4.40 Å². The Labute approximate surface area is 116 Å². The molecule has 3 N–H and O–H groups in total. The molecule has 0 saturated carbocycles. The topological polar surface area (TPSA) is 72.8 Å². The quantitative estimate of drug-likeness (QED) is 0.750. The third-order valence-electron chi connectivity index (χ3n) is 3.27. The number of nitrogen functional groups attached to an aromatic ring is 1. The summed E-state index contributed by atoms with van der Waals surface area (Å²) in [7, 11) is 1.51. The first-order valence-electron chi connectivity index (χ1n) is 6.21. The van der Waals surface area contributed by atoms with E-state index in [2.05, 4.69) is 4.98 Å². The fourth-order valence-electron chi connectivity index (χ4n) is 2.20. The summed E-state index contributed by atoms with van der Waals surface area (Å²) in [4.78, 5) is 4.55. The van der Waals surface area contributed by atoms with Crippen molar-refractivity contribution in [2.75, 3.05) is 12.8 Å². The molecule has 20 heavy (non-hydrogen) atoms. The summed E-state index contributed by atoms with van der Waals surface area (Å²) in [6, 6.07) is 9.01. The number of pyridine rings is 1. The first-order chi connectivity index (χ1) is 9.60. The molecule has 0 spiro atoms. The molecule has 0 amide bonds. The van der Waals surface area contributed by atoms with Gasteiger partial charge >= 0.3 is 0 Å². The highest BCUT2D eigenvalue weighted by atomic mass is 16.5. The molecule has 0 aliphatic carbocycles. The standard InChI is InChI=1S/C15H15N3O2/c1-9-5-6-18-13(7-9)17-14(15(18)16)10-3-4-11(19)12(8-10)20-2/h3-8,19H,16H2,1-2H3. The van der Waals surface area contributed by atoms with E-state index in [0.717, 1.165) is 16.8 Å². The second-order valence-electron chi connectivity index (χ2n) is 4.66. The molecule has 102 valence electrons. The number of imidazole rings is 1. The number of phenolic OH excluding ortho intramolecular Hbond substituents is 1. The number of nitrogens with zero attached hydrogens (tertiary/aromatic N) is 2. The lowest BCUT2D eigenvalue weighted by atomic mass is 10.1. The van der Waals surface area contributed by atoms with E-state index in [1.807, 2.05) is 29.7 Å². The molecular weight excluding hydrogens is 254 g/mol. The molecule has 2 aromatic heterocycles. The van der Waals surface area contributed by atoms with Crippen LogP contribution in [0.4, 0.5) is 5.82 Å². The van der Waals surface area contributed by atoms with Crippen LogP contribution in [0.15, 0.2) is 36.5 Å². The zero-order valence-electron chi connectivity index (χ0n) is 11.3. The first kappa shape index (κ1) is 12.3. The summed E-state index contributed by atoms with van der Waals surface area (Å²) >= 11 is 0. The normalized spacial score (nSPS) is 10.9. The molecule has 5 heteroatoms. The number of hydrogen-bond donors (Lipinski definition) is 2. The summed E-state index contributed by atoms with van der Waals surface area (Å²) in [5.41, 5.74) is 9.55. The van der Waals surface area contributed by atoms with Gasteiger partial charge in [0.1, 0.15) is 17.2 Å². The minimum Gasteiger partial charge on any atom is -0.504 e. The number of hydrogen-bond acceptors (Lipinski definition) is 4. The fourth-order valence-corrected chi connectivity index (χ4v) is 2.20. The smallest absolute Gasteiger partial charge is 0.161 e. The van der Waals surface area contributed by atoms with Crippen LogP contribution in [0, 0.1) is 6.92 Å². The van der Waals surface area contributed by atoms with Gasteiger partial charge < -0.3 is 15.6 Å². The summed E-state index contributed by atoms with van der Waals surface area (Å²) in [5.74, 6) is 1.05. The number of aromatic hydroxyl groups is 1. The molecule has 5 nitrogen and oxygen atoms in total. The van der Waals surface area contributed by atoms with E-state index in [9.17, 15) is 5.11 Å². The molecular formula is C15H15N3O2. The van der Waals surface area contributed by atoms with Crippen molar-refractivity contribution in [1.82, 2.24) is 9.38 Å². The van der Waals surface area contributed by atoms with Gasteiger partial charge in [0.2, 0.25) is 0 Å². The Morgan fingerprint density at radius 1 is 1.25 bits per heavy atom. The van der Waals surface area contributed by atoms with Crippen LogP contribution in [-0.2, 0) is 0 Å². The van der Waals surface area contributed by atoms with Gasteiger partial charge in [0, 0.05) is 11.8 Å². The molecule has 0 aliphatic rings. The molecule has 0 aliphatic heterocycles. The van der Waals surface area contributed by atoms with E-state index in [4.69, 9.17) is 10.5 Å². The van der Waals surface area contributed by atoms with E-state index in [1.165, 1.54) is 7.11 Å². The summed E-state index contributed by atoms with van der Waals surface area (Å²) in [6.07, 6.45) is 1.90. The molecule has 3 aromatic rings. The lowest BCUT2D eigenvalue weighted by molar-refractivity contribution is 0.373. The number of ether oxygens (including phenoxy) is 1. The van der Waals surface area contributed by atoms with Gasteiger partial charge in [-0.2, -0.15) is 0 Å². The molecule has 0 atom stereocenters. The maximum Gasteiger partial charge on any atom is 0.161 e. The van der Waals surface area contributed by atoms with Crippen LogP contribution >= 0.6 is 0 Å². The van der Waals surface area contributed by atoms with Crippen molar-refractivity contribution >= 4 is 11.5 Å². The van der Waals surface area contributed by atoms with E-state index in [-0.39, 0.29) is 5.75 Å². The zero-order valence-corrected chi connectivity index (χ0v) is 11.3. The lowest BCUT2D eigenvalue weighted by Crippen LogP contribution is -1.94. The highest BCUT2D eigenvalue weighted by Crippen LogP contribution is 2.33. The Morgan fingerprint density at radius 2 is 2.05 bits per heavy atom. The number of rotatable bonds is 2. The number of benzene rings is 1. The van der Waals surface area contributed by atoms with E-state index < -0.39 is 0 Å². The minimum absolute atomic E-state index is 0.0921. The third-order valence-corrected chi connectivity index (χ3v) is 3.27. The van der Waals surface area contributed by atoms with Gasteiger partial charge in [0.15, 0.2) is 11.5 Å². The van der Waals surface area contributed by atoms with Crippen molar-refractivity contribution in [1.29, 1.82) is 0 Å². The van der Waals surface area contributed by atoms with Crippen LogP contribution in [0.2, 0.25) is 0 Å². The Bertz CT molecular complexity index is 793. The molecule has 0 radical (unpaired) electrons. The molecule has 2 heterocycles. The highest BCUT2D eigenvalue weighted by Gasteiger charge is 2.13.